The van der Waals surface area contributed by atoms with Gasteiger partial charge in [0.25, 0.3) is 0 Å². The number of rotatable bonds is 0. The number of likely N-dealkylation sites (tertiary alicyclic amines) is 1. The van der Waals surface area contributed by atoms with Crippen LogP contribution in [0.5, 0.6) is 0 Å². The summed E-state index contributed by atoms with van der Waals surface area (Å²) in [5.41, 5.74) is 3.50. The Kier molecular flexibility index (Phi) is 2.62. The highest BCUT2D eigenvalue weighted by Gasteiger charge is 2.26. The van der Waals surface area contributed by atoms with Crippen molar-refractivity contribution in [3.63, 3.8) is 0 Å². The van der Waals surface area contributed by atoms with Crippen molar-refractivity contribution >= 4 is 0 Å². The topological polar surface area (TPSA) is 3.24 Å². The minimum atomic E-state index is 0.344. The van der Waals surface area contributed by atoms with Crippen LogP contribution in [0.2, 0.25) is 0 Å². The van der Waals surface area contributed by atoms with Gasteiger partial charge in [0.15, 0.2) is 0 Å². The summed E-state index contributed by atoms with van der Waals surface area (Å²) >= 11 is 0. The second kappa shape index (κ2) is 3.21. The van der Waals surface area contributed by atoms with Crippen LogP contribution in [0.1, 0.15) is 41.0 Å². The van der Waals surface area contributed by atoms with E-state index in [9.17, 15) is 0 Å². The molecule has 0 aromatic carbocycles. The van der Waals surface area contributed by atoms with Gasteiger partial charge in [0.1, 0.15) is 0 Å². The molecule has 1 aliphatic rings. The predicted molar refractivity (Wildman–Crippen MR) is 54.3 cm³/mol. The summed E-state index contributed by atoms with van der Waals surface area (Å²) in [6, 6.07) is 0. The lowest BCUT2D eigenvalue weighted by atomic mass is 10.1. The first-order chi connectivity index (χ1) is 5.41. The monoisotopic (exact) mass is 167 g/mol. The molecule has 1 rings (SSSR count). The standard InChI is InChI=1S/C11H21N/c1-9(2)10-6-7-12(8-10)11(3,4)5/h6-8H2,1-5H3. The van der Waals surface area contributed by atoms with Crippen LogP contribution in [0.25, 0.3) is 0 Å². The van der Waals surface area contributed by atoms with Gasteiger partial charge < -0.3 is 0 Å². The molecule has 1 nitrogen and oxygen atoms in total. The van der Waals surface area contributed by atoms with Crippen molar-refractivity contribution in [1.82, 2.24) is 4.90 Å². The molecule has 0 aromatic heterocycles. The summed E-state index contributed by atoms with van der Waals surface area (Å²) in [5, 5.41) is 0. The summed E-state index contributed by atoms with van der Waals surface area (Å²) in [4.78, 5) is 2.55. The van der Waals surface area contributed by atoms with Crippen LogP contribution in [-0.4, -0.2) is 23.5 Å². The van der Waals surface area contributed by atoms with Crippen LogP contribution < -0.4 is 0 Å². The van der Waals surface area contributed by atoms with Gasteiger partial charge >= 0.3 is 0 Å². The lowest BCUT2D eigenvalue weighted by molar-refractivity contribution is 0.179. The third-order valence-corrected chi connectivity index (χ3v) is 2.72. The zero-order valence-electron chi connectivity index (χ0n) is 9.07. The van der Waals surface area contributed by atoms with Crippen molar-refractivity contribution in [3.05, 3.63) is 11.1 Å². The Morgan fingerprint density at radius 3 is 2.08 bits per heavy atom. The number of hydrogen-bond donors (Lipinski definition) is 0. The quantitative estimate of drug-likeness (QED) is 0.501. The molecular weight excluding hydrogens is 146 g/mol. The fraction of sp³-hybridized carbons (Fsp3) is 0.818. The molecule has 1 heterocycles. The van der Waals surface area contributed by atoms with E-state index in [1.165, 1.54) is 25.1 Å². The van der Waals surface area contributed by atoms with Gasteiger partial charge in [-0.2, -0.15) is 0 Å². The molecule has 70 valence electrons. The van der Waals surface area contributed by atoms with E-state index in [1.807, 2.05) is 0 Å². The van der Waals surface area contributed by atoms with Gasteiger partial charge in [-0.1, -0.05) is 11.1 Å². The van der Waals surface area contributed by atoms with Crippen LogP contribution in [0.15, 0.2) is 11.1 Å². The second-order valence-electron chi connectivity index (χ2n) is 4.95. The molecule has 0 unspecified atom stereocenters. The van der Waals surface area contributed by atoms with Crippen LogP contribution in [-0.2, 0) is 0 Å². The van der Waals surface area contributed by atoms with Crippen molar-refractivity contribution in [2.75, 3.05) is 13.1 Å². The highest BCUT2D eigenvalue weighted by atomic mass is 15.2. The van der Waals surface area contributed by atoms with E-state index < -0.39 is 0 Å². The van der Waals surface area contributed by atoms with E-state index >= 15 is 0 Å². The predicted octanol–water partition coefficient (Wildman–Crippen LogP) is 2.83. The molecule has 1 fully saturated rings. The summed E-state index contributed by atoms with van der Waals surface area (Å²) in [7, 11) is 0. The molecule has 12 heavy (non-hydrogen) atoms. The molecule has 0 aromatic rings. The maximum Gasteiger partial charge on any atom is 0.0201 e. The van der Waals surface area contributed by atoms with E-state index in [0.29, 0.717) is 5.54 Å². The van der Waals surface area contributed by atoms with Crippen molar-refractivity contribution in [1.29, 1.82) is 0 Å². The van der Waals surface area contributed by atoms with Gasteiger partial charge in [-0.25, -0.2) is 0 Å². The first-order valence-corrected chi connectivity index (χ1v) is 4.81. The lowest BCUT2D eigenvalue weighted by Gasteiger charge is -2.31. The van der Waals surface area contributed by atoms with E-state index in [-0.39, 0.29) is 0 Å². The minimum absolute atomic E-state index is 0.344. The van der Waals surface area contributed by atoms with E-state index in [4.69, 9.17) is 0 Å². The first-order valence-electron chi connectivity index (χ1n) is 4.81. The summed E-state index contributed by atoms with van der Waals surface area (Å²) in [5.74, 6) is 0. The molecule has 1 aliphatic heterocycles. The van der Waals surface area contributed by atoms with E-state index in [0.717, 1.165) is 0 Å². The third-order valence-electron chi connectivity index (χ3n) is 2.72. The highest BCUT2D eigenvalue weighted by molar-refractivity contribution is 5.16. The van der Waals surface area contributed by atoms with Crippen molar-refractivity contribution < 1.29 is 0 Å². The van der Waals surface area contributed by atoms with Gasteiger partial charge in [-0.15, -0.1) is 0 Å². The fourth-order valence-electron chi connectivity index (χ4n) is 1.64. The second-order valence-corrected chi connectivity index (χ2v) is 4.95. The molecule has 1 saturated heterocycles. The lowest BCUT2D eigenvalue weighted by Crippen LogP contribution is -2.38. The summed E-state index contributed by atoms with van der Waals surface area (Å²) in [6.45, 7) is 13.8. The third kappa shape index (κ3) is 2.10. The first kappa shape index (κ1) is 9.79. The smallest absolute Gasteiger partial charge is 0.0201 e. The molecule has 0 N–H and O–H groups in total. The maximum absolute atomic E-state index is 2.55. The zero-order valence-corrected chi connectivity index (χ0v) is 9.07. The maximum atomic E-state index is 2.55. The van der Waals surface area contributed by atoms with Gasteiger partial charge in [-0.3, -0.25) is 4.90 Å². The molecular formula is C11H21N. The van der Waals surface area contributed by atoms with Gasteiger partial charge in [0.2, 0.25) is 0 Å². The zero-order chi connectivity index (χ0) is 9.35. The Hall–Kier alpha value is -0.300. The average Bonchev–Trinajstić information content (AvgIpc) is 2.30. The Labute approximate surface area is 76.5 Å². The molecule has 0 amide bonds. The average molecular weight is 167 g/mol. The molecule has 0 saturated carbocycles. The Morgan fingerprint density at radius 1 is 1.25 bits per heavy atom. The fourth-order valence-corrected chi connectivity index (χ4v) is 1.64. The van der Waals surface area contributed by atoms with Gasteiger partial charge in [0.05, 0.1) is 0 Å². The number of nitrogens with zero attached hydrogens (tertiary/aromatic N) is 1. The molecule has 0 spiro atoms. The Balaban J connectivity index is 2.64. The van der Waals surface area contributed by atoms with Gasteiger partial charge in [-0.05, 0) is 41.0 Å². The Bertz CT molecular complexity index is 192. The van der Waals surface area contributed by atoms with E-state index in [2.05, 4.69) is 39.5 Å². The SMILES string of the molecule is CC(C)=C1CCN(C(C)(C)C)C1. The summed E-state index contributed by atoms with van der Waals surface area (Å²) in [6.07, 6.45) is 1.28. The molecule has 1 heteroatoms. The highest BCUT2D eigenvalue weighted by Crippen LogP contribution is 2.25. The Morgan fingerprint density at radius 2 is 1.83 bits per heavy atom. The number of allylic oxidation sites excluding steroid dienone is 1. The van der Waals surface area contributed by atoms with Gasteiger partial charge in [0, 0.05) is 18.6 Å². The van der Waals surface area contributed by atoms with Crippen LogP contribution >= 0.6 is 0 Å². The molecule has 0 atom stereocenters. The molecule has 0 bridgehead atoms. The van der Waals surface area contributed by atoms with Crippen molar-refractivity contribution in [2.45, 2.75) is 46.6 Å². The number of hydrogen-bond acceptors (Lipinski definition) is 1. The van der Waals surface area contributed by atoms with E-state index in [1.54, 1.807) is 5.57 Å². The largest absolute Gasteiger partial charge is 0.294 e. The normalized spacial score (nSPS) is 20.2. The van der Waals surface area contributed by atoms with Crippen molar-refractivity contribution in [2.24, 2.45) is 0 Å². The van der Waals surface area contributed by atoms with Crippen LogP contribution in [0.3, 0.4) is 0 Å². The van der Waals surface area contributed by atoms with Crippen LogP contribution in [0.4, 0.5) is 0 Å². The molecule has 0 aliphatic carbocycles. The minimum Gasteiger partial charge on any atom is -0.294 e. The summed E-state index contributed by atoms with van der Waals surface area (Å²) < 4.78 is 0. The van der Waals surface area contributed by atoms with Crippen LogP contribution in [0, 0.1) is 0 Å². The van der Waals surface area contributed by atoms with Crippen molar-refractivity contribution in [3.8, 4) is 0 Å². The molecule has 0 radical (unpaired) electrons.